The van der Waals surface area contributed by atoms with E-state index in [9.17, 15) is 4.79 Å². The van der Waals surface area contributed by atoms with Crippen LogP contribution in [0.4, 0.5) is 5.69 Å². The van der Waals surface area contributed by atoms with Crippen LogP contribution in [0.25, 0.3) is 0 Å². The van der Waals surface area contributed by atoms with Crippen LogP contribution in [0.1, 0.15) is 16.3 Å². The molecule has 3 rings (SSSR count). The van der Waals surface area contributed by atoms with Crippen LogP contribution in [0.15, 0.2) is 40.8 Å². The quantitative estimate of drug-likeness (QED) is 0.748. The number of carbonyl (C=O) groups excluding carboxylic acids is 1. The summed E-state index contributed by atoms with van der Waals surface area (Å²) in [7, 11) is 5.65. The number of benzene rings is 1. The zero-order chi connectivity index (χ0) is 19.9. The monoisotopic (exact) mass is 386 g/mol. The summed E-state index contributed by atoms with van der Waals surface area (Å²) < 4.78 is 11.1. The Morgan fingerprint density at radius 2 is 1.96 bits per heavy atom. The summed E-state index contributed by atoms with van der Waals surface area (Å²) in [5.41, 5.74) is 1.19. The van der Waals surface area contributed by atoms with Crippen LogP contribution in [0.5, 0.6) is 5.75 Å². The second-order valence-electron chi connectivity index (χ2n) is 7.29. The van der Waals surface area contributed by atoms with Gasteiger partial charge in [0.05, 0.1) is 13.7 Å². The average Bonchev–Trinajstić information content (AvgIpc) is 3.17. The lowest BCUT2D eigenvalue weighted by molar-refractivity contribution is 0.0919. The summed E-state index contributed by atoms with van der Waals surface area (Å²) in [4.78, 5) is 18.9. The number of ether oxygens (including phenoxy) is 1. The van der Waals surface area contributed by atoms with Crippen LogP contribution in [-0.2, 0) is 6.54 Å². The van der Waals surface area contributed by atoms with Gasteiger partial charge in [-0.3, -0.25) is 9.69 Å². The molecule has 1 N–H and O–H groups in total. The van der Waals surface area contributed by atoms with Crippen molar-refractivity contribution in [3.8, 4) is 5.75 Å². The molecule has 1 fully saturated rings. The number of nitrogens with one attached hydrogen (secondary N) is 1. The lowest BCUT2D eigenvalue weighted by Gasteiger charge is -2.35. The molecule has 0 aliphatic carbocycles. The lowest BCUT2D eigenvalue weighted by atomic mass is 10.2. The molecule has 7 heteroatoms. The molecule has 1 aliphatic rings. The third-order valence-corrected chi connectivity index (χ3v) is 4.90. The number of methoxy groups -OCH3 is 1. The van der Waals surface area contributed by atoms with E-state index in [-0.39, 0.29) is 5.91 Å². The fourth-order valence-electron chi connectivity index (χ4n) is 3.26. The van der Waals surface area contributed by atoms with Gasteiger partial charge >= 0.3 is 0 Å². The van der Waals surface area contributed by atoms with Gasteiger partial charge in [-0.05, 0) is 38.4 Å². The topological polar surface area (TPSA) is 61.2 Å². The van der Waals surface area contributed by atoms with E-state index in [4.69, 9.17) is 9.15 Å². The van der Waals surface area contributed by atoms with Crippen molar-refractivity contribution >= 4 is 11.6 Å². The number of amides is 1. The van der Waals surface area contributed by atoms with Gasteiger partial charge in [-0.2, -0.15) is 0 Å². The highest BCUT2D eigenvalue weighted by Gasteiger charge is 2.19. The number of hydrogen-bond donors (Lipinski definition) is 1. The molecule has 0 unspecified atom stereocenters. The number of piperazine rings is 1. The highest BCUT2D eigenvalue weighted by molar-refractivity contribution is 5.91. The van der Waals surface area contributed by atoms with Gasteiger partial charge in [-0.25, -0.2) is 0 Å². The first kappa shape index (κ1) is 20.2. The average molecular weight is 386 g/mol. The summed E-state index contributed by atoms with van der Waals surface area (Å²) in [6.07, 6.45) is 0. The van der Waals surface area contributed by atoms with Gasteiger partial charge in [0.1, 0.15) is 11.5 Å². The van der Waals surface area contributed by atoms with Crippen molar-refractivity contribution in [3.63, 3.8) is 0 Å². The van der Waals surface area contributed by atoms with Crippen molar-refractivity contribution in [2.75, 3.05) is 65.4 Å². The van der Waals surface area contributed by atoms with Gasteiger partial charge in [0.2, 0.25) is 0 Å². The van der Waals surface area contributed by atoms with Gasteiger partial charge in [-0.15, -0.1) is 0 Å². The van der Waals surface area contributed by atoms with Crippen molar-refractivity contribution in [2.45, 2.75) is 6.54 Å². The maximum Gasteiger partial charge on any atom is 0.287 e. The van der Waals surface area contributed by atoms with E-state index in [1.165, 1.54) is 5.69 Å². The fourth-order valence-corrected chi connectivity index (χ4v) is 3.26. The summed E-state index contributed by atoms with van der Waals surface area (Å²) in [5, 5.41) is 2.88. The van der Waals surface area contributed by atoms with Gasteiger partial charge in [-0.1, -0.05) is 6.07 Å². The molecule has 2 aromatic rings. The second kappa shape index (κ2) is 9.61. The Balaban J connectivity index is 1.47. The second-order valence-corrected chi connectivity index (χ2v) is 7.29. The van der Waals surface area contributed by atoms with E-state index >= 15 is 0 Å². The minimum atomic E-state index is -0.157. The summed E-state index contributed by atoms with van der Waals surface area (Å²) in [5.74, 6) is 1.93. The molecule has 0 spiro atoms. The van der Waals surface area contributed by atoms with E-state index < -0.39 is 0 Å². The van der Waals surface area contributed by atoms with Crippen molar-refractivity contribution in [2.24, 2.45) is 0 Å². The molecule has 0 bridgehead atoms. The Morgan fingerprint density at radius 1 is 1.18 bits per heavy atom. The van der Waals surface area contributed by atoms with Crippen molar-refractivity contribution in [1.29, 1.82) is 0 Å². The number of furan rings is 1. The Bertz CT molecular complexity index is 767. The Hall–Kier alpha value is -2.51. The predicted molar refractivity (Wildman–Crippen MR) is 110 cm³/mol. The van der Waals surface area contributed by atoms with Gasteiger partial charge in [0.15, 0.2) is 5.76 Å². The van der Waals surface area contributed by atoms with Crippen LogP contribution in [0.3, 0.4) is 0 Å². The molecular formula is C21H30N4O3. The first-order valence-electron chi connectivity index (χ1n) is 9.68. The molecule has 0 atom stereocenters. The predicted octanol–water partition coefficient (Wildman–Crippen LogP) is 1.90. The molecule has 1 aromatic carbocycles. The molecule has 1 aliphatic heterocycles. The molecule has 2 heterocycles. The Kier molecular flexibility index (Phi) is 6.95. The maximum atomic E-state index is 12.1. The normalized spacial score (nSPS) is 15.1. The smallest absolute Gasteiger partial charge is 0.287 e. The SMILES string of the molecule is COc1cccc(N2CCN(Cc3ccc(C(=O)NCCN(C)C)o3)CC2)c1. The first-order chi connectivity index (χ1) is 13.5. The number of nitrogens with zero attached hydrogens (tertiary/aromatic N) is 3. The lowest BCUT2D eigenvalue weighted by Crippen LogP contribution is -2.45. The van der Waals surface area contributed by atoms with E-state index in [1.807, 2.05) is 37.2 Å². The minimum Gasteiger partial charge on any atom is -0.497 e. The largest absolute Gasteiger partial charge is 0.497 e. The van der Waals surface area contributed by atoms with Crippen molar-refractivity contribution in [3.05, 3.63) is 47.9 Å². The third kappa shape index (κ3) is 5.50. The van der Waals surface area contributed by atoms with Crippen molar-refractivity contribution in [1.82, 2.24) is 15.1 Å². The Morgan fingerprint density at radius 3 is 2.68 bits per heavy atom. The van der Waals surface area contributed by atoms with E-state index in [0.29, 0.717) is 12.3 Å². The number of anilines is 1. The highest BCUT2D eigenvalue weighted by Crippen LogP contribution is 2.22. The molecule has 0 radical (unpaired) electrons. The van der Waals surface area contributed by atoms with Gasteiger partial charge < -0.3 is 24.3 Å². The molecule has 7 nitrogen and oxygen atoms in total. The number of hydrogen-bond acceptors (Lipinski definition) is 6. The highest BCUT2D eigenvalue weighted by atomic mass is 16.5. The number of likely N-dealkylation sites (N-methyl/N-ethyl adjacent to an activating group) is 1. The van der Waals surface area contributed by atoms with Crippen LogP contribution >= 0.6 is 0 Å². The van der Waals surface area contributed by atoms with Crippen LogP contribution < -0.4 is 15.0 Å². The Labute approximate surface area is 166 Å². The zero-order valence-corrected chi connectivity index (χ0v) is 17.0. The maximum absolute atomic E-state index is 12.1. The standard InChI is InChI=1S/C21H30N4O3/c1-23(2)10-9-22-21(26)20-8-7-19(28-20)16-24-11-13-25(14-12-24)17-5-4-6-18(15-17)27-3/h4-8,15H,9-14,16H2,1-3H3,(H,22,26). The first-order valence-corrected chi connectivity index (χ1v) is 9.68. The van der Waals surface area contributed by atoms with Gasteiger partial charge in [0, 0.05) is 51.0 Å². The number of rotatable bonds is 8. The van der Waals surface area contributed by atoms with Crippen LogP contribution in [0.2, 0.25) is 0 Å². The minimum absolute atomic E-state index is 0.157. The fraction of sp³-hybridized carbons (Fsp3) is 0.476. The van der Waals surface area contributed by atoms with Gasteiger partial charge in [0.25, 0.3) is 5.91 Å². The van der Waals surface area contributed by atoms with E-state index in [1.54, 1.807) is 13.2 Å². The molecule has 28 heavy (non-hydrogen) atoms. The molecule has 152 valence electrons. The molecule has 1 saturated heterocycles. The number of carbonyl (C=O) groups is 1. The summed E-state index contributed by atoms with van der Waals surface area (Å²) in [6.45, 7) is 5.92. The third-order valence-electron chi connectivity index (χ3n) is 4.90. The van der Waals surface area contributed by atoms with E-state index in [0.717, 1.165) is 50.8 Å². The molecule has 0 saturated carbocycles. The summed E-state index contributed by atoms with van der Waals surface area (Å²) in [6, 6.07) is 11.8. The molecular weight excluding hydrogens is 356 g/mol. The van der Waals surface area contributed by atoms with Crippen molar-refractivity contribution < 1.29 is 13.9 Å². The summed E-state index contributed by atoms with van der Waals surface area (Å²) >= 11 is 0. The van der Waals surface area contributed by atoms with Crippen LogP contribution in [0, 0.1) is 0 Å². The zero-order valence-electron chi connectivity index (χ0n) is 17.0. The molecule has 1 amide bonds. The van der Waals surface area contributed by atoms with Crippen LogP contribution in [-0.4, -0.2) is 76.2 Å². The van der Waals surface area contributed by atoms with E-state index in [2.05, 4.69) is 27.2 Å². The molecule has 1 aromatic heterocycles.